The van der Waals surface area contributed by atoms with Gasteiger partial charge in [0.15, 0.2) is 0 Å². The van der Waals surface area contributed by atoms with Crippen LogP contribution in [0.4, 0.5) is 11.5 Å². The van der Waals surface area contributed by atoms with Gasteiger partial charge in [-0.15, -0.1) is 11.3 Å². The normalized spacial score (nSPS) is 20.3. The third-order valence-corrected chi connectivity index (χ3v) is 7.34. The average molecular weight is 471 g/mol. The molecule has 3 aromatic rings. The van der Waals surface area contributed by atoms with Gasteiger partial charge in [-0.2, -0.15) is 0 Å². The number of aromatic nitrogens is 2. The second-order valence-electron chi connectivity index (χ2n) is 8.50. The molecule has 0 unspecified atom stereocenters. The zero-order chi connectivity index (χ0) is 22.7. The number of aliphatic hydroxyl groups is 1. The smallest absolute Gasteiger partial charge is 0.208 e. The van der Waals surface area contributed by atoms with Gasteiger partial charge in [-0.25, -0.2) is 9.97 Å². The minimum Gasteiger partial charge on any atom is -0.396 e. The second-order valence-corrected chi connectivity index (χ2v) is 9.85. The molecule has 2 heterocycles. The van der Waals surface area contributed by atoms with Gasteiger partial charge in [0.25, 0.3) is 0 Å². The minimum absolute atomic E-state index is 0.0838. The lowest BCUT2D eigenvalue weighted by Crippen LogP contribution is -2.19. The number of rotatable bonds is 8. The zero-order valence-electron chi connectivity index (χ0n) is 18.2. The highest BCUT2D eigenvalue weighted by Gasteiger charge is 2.31. The Bertz CT molecular complexity index is 1090. The van der Waals surface area contributed by atoms with Gasteiger partial charge in [0.2, 0.25) is 5.78 Å². The predicted molar refractivity (Wildman–Crippen MR) is 130 cm³/mol. The number of ketones is 1. The van der Waals surface area contributed by atoms with Crippen LogP contribution in [0.3, 0.4) is 0 Å². The van der Waals surface area contributed by atoms with Gasteiger partial charge in [-0.3, -0.25) is 4.79 Å². The van der Waals surface area contributed by atoms with E-state index in [1.165, 1.54) is 17.7 Å². The van der Waals surface area contributed by atoms with Gasteiger partial charge in [0, 0.05) is 43.1 Å². The number of carbonyl (C=O) groups is 1. The van der Waals surface area contributed by atoms with Crippen molar-refractivity contribution in [3.05, 3.63) is 69.3 Å². The van der Waals surface area contributed by atoms with Crippen molar-refractivity contribution in [1.29, 1.82) is 0 Å². The van der Waals surface area contributed by atoms with Crippen LogP contribution in [-0.2, 0) is 6.54 Å². The molecule has 0 saturated heterocycles. The molecule has 0 bridgehead atoms. The standard InChI is InChI=1S/C24H27ClN4O2S/c1-15-6-19(8-17(15)12-30)28-24-21(10-26-14-27-24)23(31)22-7-16(13-32-22)11-29(2)20-5-3-4-18(25)9-20/h3-5,7,9-10,13-15,17,19,30H,6,8,11-12H2,1-2H3,(H,26,27,28)/t15-,17+,19-/m0/s1. The second kappa shape index (κ2) is 9.98. The first kappa shape index (κ1) is 22.7. The topological polar surface area (TPSA) is 78.4 Å². The monoisotopic (exact) mass is 470 g/mol. The Balaban J connectivity index is 1.47. The van der Waals surface area contributed by atoms with Crippen LogP contribution in [0, 0.1) is 11.8 Å². The van der Waals surface area contributed by atoms with Crippen molar-refractivity contribution < 1.29 is 9.90 Å². The molecule has 8 heteroatoms. The van der Waals surface area contributed by atoms with E-state index in [4.69, 9.17) is 11.6 Å². The maximum Gasteiger partial charge on any atom is 0.208 e. The summed E-state index contributed by atoms with van der Waals surface area (Å²) in [6.45, 7) is 3.02. The van der Waals surface area contributed by atoms with E-state index in [9.17, 15) is 9.90 Å². The summed E-state index contributed by atoms with van der Waals surface area (Å²) in [5, 5.41) is 15.7. The summed E-state index contributed by atoms with van der Waals surface area (Å²) in [6.07, 6.45) is 4.86. The Morgan fingerprint density at radius 2 is 2.19 bits per heavy atom. The van der Waals surface area contributed by atoms with E-state index in [0.717, 1.165) is 24.1 Å². The Kier molecular flexibility index (Phi) is 7.08. The number of carbonyl (C=O) groups excluding carboxylic acids is 1. The molecule has 0 radical (unpaired) electrons. The molecule has 2 N–H and O–H groups in total. The van der Waals surface area contributed by atoms with Crippen LogP contribution in [0.2, 0.25) is 5.02 Å². The number of aliphatic hydroxyl groups excluding tert-OH is 1. The molecule has 6 nitrogen and oxygen atoms in total. The minimum atomic E-state index is -0.0838. The first-order valence-corrected chi connectivity index (χ1v) is 12.0. The number of nitrogens with zero attached hydrogens (tertiary/aromatic N) is 3. The molecule has 1 aliphatic carbocycles. The maximum atomic E-state index is 13.3. The largest absolute Gasteiger partial charge is 0.396 e. The lowest BCUT2D eigenvalue weighted by molar-refractivity contribution is 0.104. The fourth-order valence-corrected chi connectivity index (χ4v) is 5.34. The van der Waals surface area contributed by atoms with E-state index < -0.39 is 0 Å². The third-order valence-electron chi connectivity index (χ3n) is 6.13. The van der Waals surface area contributed by atoms with Gasteiger partial charge in [0.1, 0.15) is 12.1 Å². The molecule has 168 valence electrons. The molecule has 0 aliphatic heterocycles. The van der Waals surface area contributed by atoms with Crippen LogP contribution in [0.15, 0.2) is 48.2 Å². The van der Waals surface area contributed by atoms with Crippen molar-refractivity contribution in [2.24, 2.45) is 11.8 Å². The van der Waals surface area contributed by atoms with Crippen LogP contribution in [0.1, 0.15) is 40.6 Å². The van der Waals surface area contributed by atoms with Crippen LogP contribution in [0.5, 0.6) is 0 Å². The van der Waals surface area contributed by atoms with Crippen LogP contribution >= 0.6 is 22.9 Å². The molecule has 4 rings (SSSR count). The van der Waals surface area contributed by atoms with Gasteiger partial charge in [0.05, 0.1) is 10.4 Å². The van der Waals surface area contributed by atoms with Crippen molar-refractivity contribution in [2.45, 2.75) is 32.4 Å². The molecule has 0 spiro atoms. The summed E-state index contributed by atoms with van der Waals surface area (Å²) in [4.78, 5) is 24.4. The Labute approximate surface area is 197 Å². The van der Waals surface area contributed by atoms with Crippen molar-refractivity contribution in [3.8, 4) is 0 Å². The summed E-state index contributed by atoms with van der Waals surface area (Å²) < 4.78 is 0. The fourth-order valence-electron chi connectivity index (χ4n) is 4.30. The van der Waals surface area contributed by atoms with Crippen LogP contribution < -0.4 is 10.2 Å². The van der Waals surface area contributed by atoms with Crippen molar-refractivity contribution >= 4 is 40.2 Å². The van der Waals surface area contributed by atoms with Gasteiger partial charge >= 0.3 is 0 Å². The van der Waals surface area contributed by atoms with E-state index in [0.29, 0.717) is 33.7 Å². The molecule has 1 fully saturated rings. The molecule has 32 heavy (non-hydrogen) atoms. The average Bonchev–Trinajstić information content (AvgIpc) is 3.39. The highest BCUT2D eigenvalue weighted by Crippen LogP contribution is 2.33. The van der Waals surface area contributed by atoms with Gasteiger partial charge in [-0.1, -0.05) is 24.6 Å². The Morgan fingerprint density at radius 1 is 1.34 bits per heavy atom. The highest BCUT2D eigenvalue weighted by molar-refractivity contribution is 7.12. The molecular formula is C24H27ClN4O2S. The lowest BCUT2D eigenvalue weighted by atomic mass is 10.00. The molecule has 0 amide bonds. The van der Waals surface area contributed by atoms with Crippen molar-refractivity contribution in [3.63, 3.8) is 0 Å². The predicted octanol–water partition coefficient (Wildman–Crippen LogP) is 4.88. The van der Waals surface area contributed by atoms with Crippen molar-refractivity contribution in [1.82, 2.24) is 9.97 Å². The number of anilines is 2. The van der Waals surface area contributed by atoms with E-state index in [-0.39, 0.29) is 24.3 Å². The quantitative estimate of drug-likeness (QED) is 0.457. The van der Waals surface area contributed by atoms with Gasteiger partial charge < -0.3 is 15.3 Å². The fraction of sp³-hybridized carbons (Fsp3) is 0.375. The Hall–Kier alpha value is -2.48. The van der Waals surface area contributed by atoms with E-state index >= 15 is 0 Å². The first-order valence-electron chi connectivity index (χ1n) is 10.7. The number of halogens is 1. The number of nitrogens with one attached hydrogen (secondary N) is 1. The lowest BCUT2D eigenvalue weighted by Gasteiger charge is -2.18. The number of benzene rings is 1. The molecule has 1 aromatic carbocycles. The van der Waals surface area contributed by atoms with E-state index in [1.54, 1.807) is 6.20 Å². The summed E-state index contributed by atoms with van der Waals surface area (Å²) in [5.41, 5.74) is 2.55. The van der Waals surface area contributed by atoms with E-state index in [1.807, 2.05) is 42.8 Å². The summed E-state index contributed by atoms with van der Waals surface area (Å²) in [5.74, 6) is 1.20. The van der Waals surface area contributed by atoms with Crippen LogP contribution in [-0.4, -0.2) is 40.6 Å². The first-order chi connectivity index (χ1) is 15.4. The third kappa shape index (κ3) is 5.11. The maximum absolute atomic E-state index is 13.3. The number of hydrogen-bond donors (Lipinski definition) is 2. The molecule has 1 saturated carbocycles. The zero-order valence-corrected chi connectivity index (χ0v) is 19.7. The molecule has 3 atom stereocenters. The van der Waals surface area contributed by atoms with Gasteiger partial charge in [-0.05, 0) is 59.9 Å². The molecule has 2 aromatic heterocycles. The van der Waals surface area contributed by atoms with E-state index in [2.05, 4.69) is 27.1 Å². The summed E-state index contributed by atoms with van der Waals surface area (Å²) in [7, 11) is 2.00. The highest BCUT2D eigenvalue weighted by atomic mass is 35.5. The molecular weight excluding hydrogens is 444 g/mol. The number of hydrogen-bond acceptors (Lipinski definition) is 7. The van der Waals surface area contributed by atoms with Crippen molar-refractivity contribution in [2.75, 3.05) is 23.9 Å². The summed E-state index contributed by atoms with van der Waals surface area (Å²) in [6, 6.07) is 9.83. The Morgan fingerprint density at radius 3 is 2.94 bits per heavy atom. The van der Waals surface area contributed by atoms with Crippen LogP contribution in [0.25, 0.3) is 0 Å². The number of thiophene rings is 1. The molecule has 1 aliphatic rings. The SMILES string of the molecule is C[C@H]1C[C@H](Nc2ncncc2C(=O)c2cc(CN(C)c3cccc(Cl)c3)cs2)C[C@@H]1CO. The summed E-state index contributed by atoms with van der Waals surface area (Å²) >= 11 is 7.54.